The zero-order valence-corrected chi connectivity index (χ0v) is 8.84. The van der Waals surface area contributed by atoms with Crippen LogP contribution in [0.2, 0.25) is 0 Å². The minimum atomic E-state index is 0.958. The highest BCUT2D eigenvalue weighted by Gasteiger charge is 2.17. The van der Waals surface area contributed by atoms with Gasteiger partial charge < -0.3 is 14.7 Å². The van der Waals surface area contributed by atoms with Gasteiger partial charge in [0.1, 0.15) is 5.58 Å². The van der Waals surface area contributed by atoms with Gasteiger partial charge in [-0.2, -0.15) is 0 Å². The van der Waals surface area contributed by atoms with Crippen LogP contribution in [0.15, 0.2) is 28.9 Å². The molecule has 2 N–H and O–H groups in total. The molecular weight excluding hydrogens is 200 g/mol. The molecule has 1 aromatic carbocycles. The summed E-state index contributed by atoms with van der Waals surface area (Å²) in [4.78, 5) is 3.52. The van der Waals surface area contributed by atoms with Gasteiger partial charge in [-0.3, -0.25) is 0 Å². The Labute approximate surface area is 92.4 Å². The second-order valence-corrected chi connectivity index (χ2v) is 4.33. The minimum Gasteiger partial charge on any atom is -0.464 e. The van der Waals surface area contributed by atoms with E-state index >= 15 is 0 Å². The van der Waals surface area contributed by atoms with Gasteiger partial charge >= 0.3 is 0 Å². The van der Waals surface area contributed by atoms with E-state index in [0.717, 1.165) is 25.1 Å². The summed E-state index contributed by atoms with van der Waals surface area (Å²) < 4.78 is 5.45. The second kappa shape index (κ2) is 2.89. The average Bonchev–Trinajstić information content (AvgIpc) is 2.91. The van der Waals surface area contributed by atoms with Crippen molar-refractivity contribution in [2.75, 3.05) is 6.54 Å². The summed E-state index contributed by atoms with van der Waals surface area (Å²) in [5, 5.41) is 5.97. The van der Waals surface area contributed by atoms with Gasteiger partial charge in [0.25, 0.3) is 0 Å². The van der Waals surface area contributed by atoms with Gasteiger partial charge in [0.2, 0.25) is 0 Å². The van der Waals surface area contributed by atoms with Crippen molar-refractivity contribution in [2.24, 2.45) is 0 Å². The van der Waals surface area contributed by atoms with E-state index in [1.54, 1.807) is 6.26 Å². The number of fused-ring (bicyclic) bond motifs is 5. The van der Waals surface area contributed by atoms with E-state index in [1.165, 1.54) is 27.5 Å². The van der Waals surface area contributed by atoms with Crippen LogP contribution in [0.3, 0.4) is 0 Å². The van der Waals surface area contributed by atoms with Gasteiger partial charge in [-0.05, 0) is 23.8 Å². The van der Waals surface area contributed by atoms with Crippen molar-refractivity contribution in [1.29, 1.82) is 0 Å². The molecule has 0 unspecified atom stereocenters. The number of aromatic amines is 1. The van der Waals surface area contributed by atoms with Crippen LogP contribution in [-0.4, -0.2) is 11.5 Å². The van der Waals surface area contributed by atoms with Crippen LogP contribution in [0.1, 0.15) is 11.3 Å². The molecule has 1 aliphatic rings. The molecule has 1 aliphatic heterocycles. The molecular formula is C13H12N2O. The maximum absolute atomic E-state index is 5.45. The zero-order chi connectivity index (χ0) is 10.5. The van der Waals surface area contributed by atoms with Gasteiger partial charge in [-0.25, -0.2) is 0 Å². The number of nitrogens with one attached hydrogen (secondary N) is 2. The lowest BCUT2D eigenvalue weighted by molar-refractivity contribution is 0.616. The molecule has 0 saturated heterocycles. The molecule has 4 rings (SSSR count). The van der Waals surface area contributed by atoms with Crippen LogP contribution in [0.5, 0.6) is 0 Å². The predicted molar refractivity (Wildman–Crippen MR) is 63.5 cm³/mol. The molecule has 3 nitrogen and oxygen atoms in total. The highest BCUT2D eigenvalue weighted by atomic mass is 16.3. The Bertz CT molecular complexity index is 678. The van der Waals surface area contributed by atoms with Crippen LogP contribution < -0.4 is 5.32 Å². The van der Waals surface area contributed by atoms with Crippen LogP contribution in [-0.2, 0) is 13.0 Å². The predicted octanol–water partition coefficient (Wildman–Crippen LogP) is 2.56. The lowest BCUT2D eigenvalue weighted by Crippen LogP contribution is -2.22. The molecule has 0 spiro atoms. The summed E-state index contributed by atoms with van der Waals surface area (Å²) in [5.74, 6) is 0. The van der Waals surface area contributed by atoms with Gasteiger partial charge in [-0.15, -0.1) is 0 Å². The quantitative estimate of drug-likeness (QED) is 0.601. The summed E-state index contributed by atoms with van der Waals surface area (Å²) in [7, 11) is 0. The van der Waals surface area contributed by atoms with E-state index < -0.39 is 0 Å². The van der Waals surface area contributed by atoms with Crippen LogP contribution in [0, 0.1) is 0 Å². The highest BCUT2D eigenvalue weighted by molar-refractivity contribution is 6.07. The van der Waals surface area contributed by atoms with Crippen molar-refractivity contribution in [3.05, 3.63) is 35.7 Å². The third-order valence-electron chi connectivity index (χ3n) is 3.44. The van der Waals surface area contributed by atoms with Gasteiger partial charge in [0, 0.05) is 41.5 Å². The summed E-state index contributed by atoms with van der Waals surface area (Å²) in [6, 6.07) is 6.20. The van der Waals surface area contributed by atoms with Gasteiger partial charge in [0.05, 0.1) is 6.26 Å². The highest BCUT2D eigenvalue weighted by Crippen LogP contribution is 2.32. The van der Waals surface area contributed by atoms with Crippen molar-refractivity contribution in [3.8, 4) is 0 Å². The number of H-pyrrole nitrogens is 1. The first kappa shape index (κ1) is 8.42. The Morgan fingerprint density at radius 2 is 2.19 bits per heavy atom. The van der Waals surface area contributed by atoms with E-state index in [-0.39, 0.29) is 0 Å². The molecule has 3 aromatic rings. The van der Waals surface area contributed by atoms with Crippen molar-refractivity contribution >= 4 is 21.9 Å². The van der Waals surface area contributed by atoms with Crippen molar-refractivity contribution < 1.29 is 4.42 Å². The number of hydrogen-bond donors (Lipinski definition) is 2. The van der Waals surface area contributed by atoms with Crippen LogP contribution >= 0.6 is 0 Å². The SMILES string of the molecule is c1cc2c(ccc3[nH]c4c(c32)CNCC4)o1. The van der Waals surface area contributed by atoms with Gasteiger partial charge in [-0.1, -0.05) is 0 Å². The lowest BCUT2D eigenvalue weighted by Gasteiger charge is -2.12. The fraction of sp³-hybridized carbons (Fsp3) is 0.231. The maximum atomic E-state index is 5.45. The number of benzene rings is 1. The fourth-order valence-corrected chi connectivity index (χ4v) is 2.70. The van der Waals surface area contributed by atoms with E-state index in [4.69, 9.17) is 4.42 Å². The van der Waals surface area contributed by atoms with E-state index in [2.05, 4.69) is 22.4 Å². The maximum Gasteiger partial charge on any atom is 0.134 e. The van der Waals surface area contributed by atoms with E-state index in [1.807, 2.05) is 6.07 Å². The van der Waals surface area contributed by atoms with Gasteiger partial charge in [0.15, 0.2) is 0 Å². The van der Waals surface area contributed by atoms with E-state index in [0.29, 0.717) is 0 Å². The first-order chi connectivity index (χ1) is 7.93. The second-order valence-electron chi connectivity index (χ2n) is 4.33. The molecule has 0 radical (unpaired) electrons. The van der Waals surface area contributed by atoms with E-state index in [9.17, 15) is 0 Å². The lowest BCUT2D eigenvalue weighted by atomic mass is 10.0. The Morgan fingerprint density at radius 1 is 1.19 bits per heavy atom. The molecule has 80 valence electrons. The number of aromatic nitrogens is 1. The fourth-order valence-electron chi connectivity index (χ4n) is 2.70. The minimum absolute atomic E-state index is 0.958. The van der Waals surface area contributed by atoms with Crippen LogP contribution in [0.4, 0.5) is 0 Å². The Balaban J connectivity index is 2.21. The molecule has 16 heavy (non-hydrogen) atoms. The molecule has 0 atom stereocenters. The largest absolute Gasteiger partial charge is 0.464 e. The Hall–Kier alpha value is -1.74. The first-order valence-corrected chi connectivity index (χ1v) is 5.64. The zero-order valence-electron chi connectivity index (χ0n) is 8.84. The molecule has 0 fully saturated rings. The summed E-state index contributed by atoms with van der Waals surface area (Å²) >= 11 is 0. The molecule has 0 saturated carbocycles. The monoisotopic (exact) mass is 212 g/mol. The summed E-state index contributed by atoms with van der Waals surface area (Å²) in [6.07, 6.45) is 2.85. The molecule has 0 aliphatic carbocycles. The topological polar surface area (TPSA) is 41.0 Å². The molecule has 3 heteroatoms. The summed E-state index contributed by atoms with van der Waals surface area (Å²) in [6.45, 7) is 2.02. The average molecular weight is 212 g/mol. The Morgan fingerprint density at radius 3 is 3.19 bits per heavy atom. The van der Waals surface area contributed by atoms with Crippen molar-refractivity contribution in [1.82, 2.24) is 10.3 Å². The molecule has 2 aromatic heterocycles. The molecule has 0 bridgehead atoms. The molecule has 3 heterocycles. The number of hydrogen-bond acceptors (Lipinski definition) is 2. The number of furan rings is 1. The van der Waals surface area contributed by atoms with Crippen molar-refractivity contribution in [3.63, 3.8) is 0 Å². The smallest absolute Gasteiger partial charge is 0.134 e. The third-order valence-corrected chi connectivity index (χ3v) is 3.44. The first-order valence-electron chi connectivity index (χ1n) is 5.64. The summed E-state index contributed by atoms with van der Waals surface area (Å²) in [5.41, 5.74) is 4.98. The normalized spacial score (nSPS) is 15.8. The Kier molecular flexibility index (Phi) is 1.52. The standard InChI is InChI=1S/C13H12N2O/c1-2-12-8(4-6-16-12)13-9-7-14-5-3-10(9)15-11(1)13/h1-2,4,6,14-15H,3,5,7H2. The third kappa shape index (κ3) is 0.959. The molecule has 0 amide bonds. The van der Waals surface area contributed by atoms with Crippen LogP contribution in [0.25, 0.3) is 21.9 Å². The number of rotatable bonds is 0. The van der Waals surface area contributed by atoms with Crippen molar-refractivity contribution in [2.45, 2.75) is 13.0 Å².